The first-order valence-corrected chi connectivity index (χ1v) is 16.2. The average Bonchev–Trinajstić information content (AvgIpc) is 2.89. The van der Waals surface area contributed by atoms with E-state index in [1.54, 1.807) is 0 Å². The predicted octanol–water partition coefficient (Wildman–Crippen LogP) is 9.97. The molecule has 2 aliphatic rings. The second-order valence-electron chi connectivity index (χ2n) is 16.0. The summed E-state index contributed by atoms with van der Waals surface area (Å²) in [5.41, 5.74) is 10.5. The summed E-state index contributed by atoms with van der Waals surface area (Å²) in [6, 6.07) is 17.0. The summed E-state index contributed by atoms with van der Waals surface area (Å²) in [6.07, 6.45) is 8.08. The molecule has 3 aromatic carbocycles. The van der Waals surface area contributed by atoms with Gasteiger partial charge in [0.1, 0.15) is 0 Å². The molecule has 0 heterocycles. The Morgan fingerprint density at radius 3 is 1.26 bits per heavy atom. The maximum atomic E-state index is 13.8. The Hall–Kier alpha value is -3.00. The van der Waals surface area contributed by atoms with E-state index in [-0.39, 0.29) is 11.6 Å². The van der Waals surface area contributed by atoms with Crippen LogP contribution >= 0.6 is 0 Å². The molecule has 222 valence electrons. The second-order valence-corrected chi connectivity index (χ2v) is 16.0. The van der Waals surface area contributed by atoms with Gasteiger partial charge >= 0.3 is 0 Å². The summed E-state index contributed by atoms with van der Waals surface area (Å²) in [4.78, 5) is 27.5. The van der Waals surface area contributed by atoms with E-state index in [9.17, 15) is 9.59 Å². The molecule has 2 nitrogen and oxygen atoms in total. The Bertz CT molecular complexity index is 1390. The molecule has 0 aromatic heterocycles. The van der Waals surface area contributed by atoms with Crippen LogP contribution in [0.4, 0.5) is 0 Å². The molecule has 2 unspecified atom stereocenters. The number of rotatable bonds is 8. The molecule has 0 spiro atoms. The van der Waals surface area contributed by atoms with Crippen LogP contribution in [0.25, 0.3) is 0 Å². The summed E-state index contributed by atoms with van der Waals surface area (Å²) in [6.45, 7) is 18.5. The minimum absolute atomic E-state index is 0.108. The Morgan fingerprint density at radius 1 is 0.548 bits per heavy atom. The minimum atomic E-state index is 0.108. The molecular weight excluding hydrogens is 512 g/mol. The zero-order chi connectivity index (χ0) is 30.4. The molecule has 2 aliphatic carbocycles. The highest BCUT2D eigenvalue weighted by atomic mass is 16.1. The molecule has 2 atom stereocenters. The largest absolute Gasteiger partial charge is 0.289 e. The highest BCUT2D eigenvalue weighted by Gasteiger charge is 2.30. The van der Waals surface area contributed by atoms with Crippen LogP contribution < -0.4 is 0 Å². The van der Waals surface area contributed by atoms with Crippen molar-refractivity contribution in [2.75, 3.05) is 0 Å². The molecule has 0 aliphatic heterocycles. The lowest BCUT2D eigenvalue weighted by Crippen LogP contribution is -2.21. The standard InChI is InChI=1S/C40H50O2/c1-25(23-39(3,4)5)9-11-27-13-15-29-19-31-22-36-32(21-35(31)37(41)33(29)17-27)20-30-16-14-28(18-34(30)38(36)42)12-10-26(2)24-40(6,7)8/h13-18,21-22,25-26H,9-12,19-20,23-24H2,1-8H3. The number of fused-ring (bicyclic) bond motifs is 4. The van der Waals surface area contributed by atoms with Crippen LogP contribution in [0.2, 0.25) is 0 Å². The normalized spacial score (nSPS) is 15.9. The van der Waals surface area contributed by atoms with E-state index in [2.05, 4.69) is 91.8 Å². The summed E-state index contributed by atoms with van der Waals surface area (Å²) in [5, 5.41) is 0. The van der Waals surface area contributed by atoms with E-state index in [1.807, 2.05) is 12.1 Å². The fraction of sp³-hybridized carbons (Fsp3) is 0.500. The van der Waals surface area contributed by atoms with Gasteiger partial charge in [-0.15, -0.1) is 0 Å². The van der Waals surface area contributed by atoms with Gasteiger partial charge < -0.3 is 0 Å². The Morgan fingerprint density at radius 2 is 0.905 bits per heavy atom. The lowest BCUT2D eigenvalue weighted by Gasteiger charge is -2.25. The number of ketones is 2. The Balaban J connectivity index is 1.32. The van der Waals surface area contributed by atoms with Crippen molar-refractivity contribution in [3.63, 3.8) is 0 Å². The topological polar surface area (TPSA) is 34.1 Å². The van der Waals surface area contributed by atoms with E-state index in [0.717, 1.165) is 70.2 Å². The van der Waals surface area contributed by atoms with Crippen molar-refractivity contribution in [2.24, 2.45) is 22.7 Å². The molecule has 2 heteroatoms. The van der Waals surface area contributed by atoms with Crippen molar-refractivity contribution in [1.29, 1.82) is 0 Å². The van der Waals surface area contributed by atoms with Crippen LogP contribution in [0, 0.1) is 22.7 Å². The van der Waals surface area contributed by atoms with Gasteiger partial charge in [0, 0.05) is 22.3 Å². The van der Waals surface area contributed by atoms with Gasteiger partial charge in [-0.2, -0.15) is 0 Å². The van der Waals surface area contributed by atoms with Gasteiger partial charge in [-0.1, -0.05) is 79.7 Å². The molecule has 42 heavy (non-hydrogen) atoms. The molecular formula is C40H50O2. The van der Waals surface area contributed by atoms with Crippen molar-refractivity contribution in [3.8, 4) is 0 Å². The molecule has 0 bridgehead atoms. The molecule has 0 radical (unpaired) electrons. The first kappa shape index (κ1) is 30.5. The predicted molar refractivity (Wildman–Crippen MR) is 175 cm³/mol. The lowest BCUT2D eigenvalue weighted by atomic mass is 9.77. The van der Waals surface area contributed by atoms with Crippen LogP contribution in [0.1, 0.15) is 146 Å². The van der Waals surface area contributed by atoms with Crippen LogP contribution in [0.5, 0.6) is 0 Å². The fourth-order valence-electron chi connectivity index (χ4n) is 7.52. The Labute approximate surface area is 254 Å². The van der Waals surface area contributed by atoms with Crippen LogP contribution in [-0.2, 0) is 25.7 Å². The number of benzene rings is 3. The van der Waals surface area contributed by atoms with Crippen LogP contribution in [-0.4, -0.2) is 11.6 Å². The van der Waals surface area contributed by atoms with Crippen molar-refractivity contribution in [3.05, 3.63) is 104 Å². The van der Waals surface area contributed by atoms with Gasteiger partial charge in [0.15, 0.2) is 11.6 Å². The van der Waals surface area contributed by atoms with Crippen molar-refractivity contribution < 1.29 is 9.59 Å². The van der Waals surface area contributed by atoms with E-state index < -0.39 is 0 Å². The SMILES string of the molecule is CC(CCc1ccc2c(c1)C(=O)c1cc3c(cc1C2)C(=O)c1cc(CCC(C)CC(C)(C)C)ccc1C3)CC(C)(C)C. The molecule has 0 fully saturated rings. The smallest absolute Gasteiger partial charge is 0.193 e. The summed E-state index contributed by atoms with van der Waals surface area (Å²) >= 11 is 0. The van der Waals surface area contributed by atoms with Gasteiger partial charge in [-0.05, 0) is 132 Å². The maximum Gasteiger partial charge on any atom is 0.193 e. The molecule has 3 aromatic rings. The van der Waals surface area contributed by atoms with Crippen molar-refractivity contribution >= 4 is 11.6 Å². The monoisotopic (exact) mass is 562 g/mol. The van der Waals surface area contributed by atoms with Gasteiger partial charge in [-0.25, -0.2) is 0 Å². The molecule has 5 rings (SSSR count). The van der Waals surface area contributed by atoms with Crippen molar-refractivity contribution in [2.45, 2.75) is 107 Å². The van der Waals surface area contributed by atoms with Gasteiger partial charge in [0.05, 0.1) is 0 Å². The number of hydrogen-bond donors (Lipinski definition) is 0. The minimum Gasteiger partial charge on any atom is -0.289 e. The van der Waals surface area contributed by atoms with E-state index in [1.165, 1.54) is 24.0 Å². The van der Waals surface area contributed by atoms with E-state index >= 15 is 0 Å². The quantitative estimate of drug-likeness (QED) is 0.189. The third-order valence-corrected chi connectivity index (χ3v) is 9.19. The maximum absolute atomic E-state index is 13.8. The molecule has 0 amide bonds. The van der Waals surface area contributed by atoms with Crippen LogP contribution in [0.15, 0.2) is 48.5 Å². The van der Waals surface area contributed by atoms with Gasteiger partial charge in [0.2, 0.25) is 0 Å². The zero-order valence-electron chi connectivity index (χ0n) is 27.2. The number of carbonyl (C=O) groups excluding carboxylic acids is 2. The van der Waals surface area contributed by atoms with E-state index in [0.29, 0.717) is 35.5 Å². The highest BCUT2D eigenvalue weighted by molar-refractivity contribution is 6.16. The number of hydrogen-bond acceptors (Lipinski definition) is 2. The average molecular weight is 563 g/mol. The summed E-state index contributed by atoms with van der Waals surface area (Å²) < 4.78 is 0. The molecule has 0 N–H and O–H groups in total. The third kappa shape index (κ3) is 6.96. The summed E-state index contributed by atoms with van der Waals surface area (Å²) in [7, 11) is 0. The van der Waals surface area contributed by atoms with Crippen LogP contribution in [0.3, 0.4) is 0 Å². The highest BCUT2D eigenvalue weighted by Crippen LogP contribution is 2.36. The summed E-state index contributed by atoms with van der Waals surface area (Å²) in [5.74, 6) is 1.52. The first-order chi connectivity index (χ1) is 19.7. The van der Waals surface area contributed by atoms with Crippen molar-refractivity contribution in [1.82, 2.24) is 0 Å². The van der Waals surface area contributed by atoms with Gasteiger partial charge in [-0.3, -0.25) is 9.59 Å². The van der Waals surface area contributed by atoms with Gasteiger partial charge in [0.25, 0.3) is 0 Å². The number of aryl methyl sites for hydroxylation is 2. The molecule has 0 saturated heterocycles. The third-order valence-electron chi connectivity index (χ3n) is 9.19. The fourth-order valence-corrected chi connectivity index (χ4v) is 7.52. The molecule has 0 saturated carbocycles. The Kier molecular flexibility index (Phi) is 8.40. The van der Waals surface area contributed by atoms with E-state index in [4.69, 9.17) is 0 Å². The second kappa shape index (κ2) is 11.6. The first-order valence-electron chi connectivity index (χ1n) is 16.2. The number of carbonyl (C=O) groups is 2. The lowest BCUT2D eigenvalue weighted by molar-refractivity contribution is 0.102. The zero-order valence-corrected chi connectivity index (χ0v) is 27.2.